The summed E-state index contributed by atoms with van der Waals surface area (Å²) in [5, 5.41) is 13.1. The number of carbonyl (C=O) groups is 1. The highest BCUT2D eigenvalue weighted by Gasteiger charge is 2.17. The van der Waals surface area contributed by atoms with E-state index in [1.165, 1.54) is 0 Å². The quantitative estimate of drug-likeness (QED) is 0.784. The van der Waals surface area contributed by atoms with Crippen molar-refractivity contribution in [3.8, 4) is 5.75 Å². The summed E-state index contributed by atoms with van der Waals surface area (Å²) in [6.45, 7) is 4.38. The van der Waals surface area contributed by atoms with Gasteiger partial charge in [0.2, 0.25) is 5.91 Å². The summed E-state index contributed by atoms with van der Waals surface area (Å²) in [5.41, 5.74) is 1.97. The lowest BCUT2D eigenvalue weighted by Gasteiger charge is -2.20. The molecule has 2 rings (SSSR count). The Morgan fingerprint density at radius 2 is 1.75 bits per heavy atom. The van der Waals surface area contributed by atoms with Gasteiger partial charge in [-0.15, -0.1) is 0 Å². The van der Waals surface area contributed by atoms with Gasteiger partial charge >= 0.3 is 0 Å². The second kappa shape index (κ2) is 9.08. The van der Waals surface area contributed by atoms with Crippen LogP contribution in [0.25, 0.3) is 0 Å². The van der Waals surface area contributed by atoms with E-state index in [-0.39, 0.29) is 18.4 Å². The third kappa shape index (κ3) is 5.70. The summed E-state index contributed by atoms with van der Waals surface area (Å²) in [4.78, 5) is 12.1. The molecule has 0 radical (unpaired) electrons. The molecule has 4 nitrogen and oxygen atoms in total. The van der Waals surface area contributed by atoms with Crippen LogP contribution < -0.4 is 10.1 Å². The van der Waals surface area contributed by atoms with Crippen LogP contribution in [0.4, 0.5) is 0 Å². The van der Waals surface area contributed by atoms with E-state index in [4.69, 9.17) is 4.74 Å². The number of nitrogens with one attached hydrogen (secondary N) is 1. The molecule has 0 aliphatic carbocycles. The maximum atomic E-state index is 12.1. The fourth-order valence-electron chi connectivity index (χ4n) is 2.49. The summed E-state index contributed by atoms with van der Waals surface area (Å²) in [5.74, 6) is 0.701. The normalized spacial score (nSPS) is 13.1. The van der Waals surface area contributed by atoms with Crippen molar-refractivity contribution in [1.29, 1.82) is 0 Å². The zero-order valence-electron chi connectivity index (χ0n) is 14.2. The van der Waals surface area contributed by atoms with Gasteiger partial charge in [0.25, 0.3) is 0 Å². The first-order valence-corrected chi connectivity index (χ1v) is 8.31. The summed E-state index contributed by atoms with van der Waals surface area (Å²) in [6, 6.07) is 17.0. The highest BCUT2D eigenvalue weighted by Crippen LogP contribution is 2.13. The molecule has 0 saturated carbocycles. The van der Waals surface area contributed by atoms with Crippen LogP contribution in [0.15, 0.2) is 54.6 Å². The molecule has 2 aromatic rings. The van der Waals surface area contributed by atoms with Gasteiger partial charge in [-0.1, -0.05) is 42.5 Å². The Hall–Kier alpha value is -2.33. The molecule has 2 atom stereocenters. The van der Waals surface area contributed by atoms with E-state index in [1.807, 2.05) is 68.4 Å². The average molecular weight is 327 g/mol. The van der Waals surface area contributed by atoms with E-state index in [1.54, 1.807) is 0 Å². The van der Waals surface area contributed by atoms with Gasteiger partial charge in [-0.25, -0.2) is 0 Å². The highest BCUT2D eigenvalue weighted by molar-refractivity contribution is 5.78. The molecule has 2 unspecified atom stereocenters. The number of aliphatic hydroxyl groups excluding tert-OH is 1. The Morgan fingerprint density at radius 1 is 1.08 bits per heavy atom. The second-order valence-corrected chi connectivity index (χ2v) is 5.87. The van der Waals surface area contributed by atoms with Gasteiger partial charge < -0.3 is 15.2 Å². The standard InChI is InChI=1S/C20H25NO3/c1-3-24-18-11-9-17(10-12-18)14-20(23)21-15(2)19(22)13-16-7-5-4-6-8-16/h4-12,15,19,22H,3,13-14H2,1-2H3,(H,21,23). The number of aliphatic hydroxyl groups is 1. The van der Waals surface area contributed by atoms with Crippen molar-refractivity contribution in [3.63, 3.8) is 0 Å². The van der Waals surface area contributed by atoms with Crippen molar-refractivity contribution in [2.75, 3.05) is 6.61 Å². The van der Waals surface area contributed by atoms with Crippen LogP contribution in [-0.2, 0) is 17.6 Å². The maximum absolute atomic E-state index is 12.1. The first kappa shape index (κ1) is 18.0. The third-order valence-corrected chi connectivity index (χ3v) is 3.85. The zero-order chi connectivity index (χ0) is 17.4. The van der Waals surface area contributed by atoms with Crippen LogP contribution in [0.1, 0.15) is 25.0 Å². The van der Waals surface area contributed by atoms with Crippen molar-refractivity contribution >= 4 is 5.91 Å². The van der Waals surface area contributed by atoms with Crippen molar-refractivity contribution in [2.45, 2.75) is 38.8 Å². The number of carbonyl (C=O) groups excluding carboxylic acids is 1. The number of amides is 1. The lowest BCUT2D eigenvalue weighted by molar-refractivity contribution is -0.121. The third-order valence-electron chi connectivity index (χ3n) is 3.85. The fraction of sp³-hybridized carbons (Fsp3) is 0.350. The Labute approximate surface area is 143 Å². The van der Waals surface area contributed by atoms with E-state index in [9.17, 15) is 9.90 Å². The largest absolute Gasteiger partial charge is 0.494 e. The van der Waals surface area contributed by atoms with Crippen LogP contribution in [0.5, 0.6) is 5.75 Å². The minimum atomic E-state index is -0.614. The Morgan fingerprint density at radius 3 is 2.38 bits per heavy atom. The highest BCUT2D eigenvalue weighted by atomic mass is 16.5. The van der Waals surface area contributed by atoms with Gasteiger partial charge in [0, 0.05) is 6.42 Å². The Kier molecular flexibility index (Phi) is 6.82. The smallest absolute Gasteiger partial charge is 0.224 e. The molecule has 0 bridgehead atoms. The first-order chi connectivity index (χ1) is 11.6. The van der Waals surface area contributed by atoms with Gasteiger partial charge in [0.15, 0.2) is 0 Å². The number of hydrogen-bond acceptors (Lipinski definition) is 3. The van der Waals surface area contributed by atoms with E-state index < -0.39 is 6.10 Å². The molecular weight excluding hydrogens is 302 g/mol. The molecule has 4 heteroatoms. The summed E-state index contributed by atoms with van der Waals surface area (Å²) < 4.78 is 5.38. The number of rotatable bonds is 8. The molecule has 0 heterocycles. The molecule has 0 saturated heterocycles. The van der Waals surface area contributed by atoms with E-state index in [0.29, 0.717) is 13.0 Å². The molecule has 2 aromatic carbocycles. The predicted molar refractivity (Wildman–Crippen MR) is 95.1 cm³/mol. The molecule has 1 amide bonds. The zero-order valence-corrected chi connectivity index (χ0v) is 14.2. The molecular formula is C20H25NO3. The lowest BCUT2D eigenvalue weighted by atomic mass is 10.0. The topological polar surface area (TPSA) is 58.6 Å². The molecule has 0 aliphatic rings. The van der Waals surface area contributed by atoms with Gasteiger partial charge in [-0.05, 0) is 37.1 Å². The van der Waals surface area contributed by atoms with E-state index >= 15 is 0 Å². The predicted octanol–water partition coefficient (Wildman–Crippen LogP) is 2.74. The monoisotopic (exact) mass is 327 g/mol. The maximum Gasteiger partial charge on any atom is 0.224 e. The molecule has 0 aliphatic heterocycles. The van der Waals surface area contributed by atoms with Crippen LogP contribution in [-0.4, -0.2) is 29.8 Å². The summed E-state index contributed by atoms with van der Waals surface area (Å²) >= 11 is 0. The molecule has 2 N–H and O–H groups in total. The SMILES string of the molecule is CCOc1ccc(CC(=O)NC(C)C(O)Cc2ccccc2)cc1. The number of benzene rings is 2. The molecule has 0 fully saturated rings. The van der Waals surface area contributed by atoms with Crippen molar-refractivity contribution in [1.82, 2.24) is 5.32 Å². The van der Waals surface area contributed by atoms with Crippen molar-refractivity contribution in [3.05, 3.63) is 65.7 Å². The number of ether oxygens (including phenoxy) is 1. The fourth-order valence-corrected chi connectivity index (χ4v) is 2.49. The minimum Gasteiger partial charge on any atom is -0.494 e. The van der Waals surface area contributed by atoms with E-state index in [0.717, 1.165) is 16.9 Å². The molecule has 0 spiro atoms. The Bertz CT molecular complexity index is 625. The van der Waals surface area contributed by atoms with Gasteiger partial charge in [-0.3, -0.25) is 4.79 Å². The average Bonchev–Trinajstić information content (AvgIpc) is 2.57. The van der Waals surface area contributed by atoms with Gasteiger partial charge in [0.05, 0.1) is 25.2 Å². The lowest BCUT2D eigenvalue weighted by Crippen LogP contribution is -2.42. The molecule has 24 heavy (non-hydrogen) atoms. The van der Waals surface area contributed by atoms with Gasteiger partial charge in [0.1, 0.15) is 5.75 Å². The van der Waals surface area contributed by atoms with Crippen LogP contribution >= 0.6 is 0 Å². The Balaban J connectivity index is 1.82. The van der Waals surface area contributed by atoms with Gasteiger partial charge in [-0.2, -0.15) is 0 Å². The second-order valence-electron chi connectivity index (χ2n) is 5.87. The molecule has 0 aromatic heterocycles. The first-order valence-electron chi connectivity index (χ1n) is 8.31. The van der Waals surface area contributed by atoms with Crippen molar-refractivity contribution < 1.29 is 14.6 Å². The minimum absolute atomic E-state index is 0.0984. The van der Waals surface area contributed by atoms with Crippen LogP contribution in [0.3, 0.4) is 0 Å². The number of hydrogen-bond donors (Lipinski definition) is 2. The molecule has 128 valence electrons. The van der Waals surface area contributed by atoms with Crippen LogP contribution in [0, 0.1) is 0 Å². The van der Waals surface area contributed by atoms with E-state index in [2.05, 4.69) is 5.32 Å². The van der Waals surface area contributed by atoms with Crippen molar-refractivity contribution in [2.24, 2.45) is 0 Å². The summed E-state index contributed by atoms with van der Waals surface area (Å²) in [6.07, 6.45) is 0.192. The summed E-state index contributed by atoms with van der Waals surface area (Å²) in [7, 11) is 0. The van der Waals surface area contributed by atoms with Crippen LogP contribution in [0.2, 0.25) is 0 Å².